The fourth-order valence-electron chi connectivity index (χ4n) is 1.41. The van der Waals surface area contributed by atoms with Crippen molar-refractivity contribution in [3.8, 4) is 23.8 Å². The zero-order valence-corrected chi connectivity index (χ0v) is 9.66. The fraction of sp³-hybridized carbons (Fsp3) is 0.385. The highest BCUT2D eigenvalue weighted by Crippen LogP contribution is 2.29. The van der Waals surface area contributed by atoms with Crippen LogP contribution >= 0.6 is 0 Å². The number of phenols is 1. The van der Waals surface area contributed by atoms with Crippen LogP contribution in [-0.4, -0.2) is 18.3 Å². The van der Waals surface area contributed by atoms with E-state index < -0.39 is 0 Å². The first-order valence-corrected chi connectivity index (χ1v) is 5.20. The Morgan fingerprint density at radius 2 is 2.31 bits per heavy atom. The Hall–Kier alpha value is -1.66. The van der Waals surface area contributed by atoms with Gasteiger partial charge in [0.2, 0.25) is 0 Å². The summed E-state index contributed by atoms with van der Waals surface area (Å²) in [7, 11) is 1.53. The van der Waals surface area contributed by atoms with E-state index in [-0.39, 0.29) is 11.8 Å². The van der Waals surface area contributed by atoms with Gasteiger partial charge in [0.25, 0.3) is 0 Å². The van der Waals surface area contributed by atoms with Crippen molar-refractivity contribution in [2.45, 2.75) is 25.9 Å². The Labute approximate surface area is 96.4 Å². The number of rotatable bonds is 5. The van der Waals surface area contributed by atoms with Crippen molar-refractivity contribution in [1.29, 1.82) is 0 Å². The lowest BCUT2D eigenvalue weighted by molar-refractivity contribution is 0.369. The number of para-hydroxylation sites is 1. The molecule has 0 saturated heterocycles. The van der Waals surface area contributed by atoms with Gasteiger partial charge in [-0.15, -0.1) is 12.3 Å². The van der Waals surface area contributed by atoms with Crippen molar-refractivity contribution in [2.75, 3.05) is 7.11 Å². The first-order valence-electron chi connectivity index (χ1n) is 5.20. The molecule has 0 fully saturated rings. The molecule has 16 heavy (non-hydrogen) atoms. The lowest BCUT2D eigenvalue weighted by Crippen LogP contribution is -2.24. The molecule has 0 aliphatic heterocycles. The molecular weight excluding hydrogens is 202 g/mol. The van der Waals surface area contributed by atoms with E-state index in [9.17, 15) is 5.11 Å². The summed E-state index contributed by atoms with van der Waals surface area (Å²) in [5.74, 6) is 3.27. The number of hydrogen-bond acceptors (Lipinski definition) is 3. The summed E-state index contributed by atoms with van der Waals surface area (Å²) in [5.41, 5.74) is 0.809. The fourth-order valence-corrected chi connectivity index (χ4v) is 1.41. The van der Waals surface area contributed by atoms with Crippen LogP contribution in [0.5, 0.6) is 11.5 Å². The Morgan fingerprint density at radius 3 is 2.94 bits per heavy atom. The Morgan fingerprint density at radius 1 is 1.56 bits per heavy atom. The Balaban J connectivity index is 2.64. The molecule has 0 amide bonds. The van der Waals surface area contributed by atoms with Gasteiger partial charge in [-0.1, -0.05) is 12.1 Å². The predicted molar refractivity (Wildman–Crippen MR) is 64.4 cm³/mol. The molecule has 1 aromatic rings. The van der Waals surface area contributed by atoms with E-state index in [4.69, 9.17) is 11.2 Å². The quantitative estimate of drug-likeness (QED) is 0.743. The summed E-state index contributed by atoms with van der Waals surface area (Å²) >= 11 is 0. The molecule has 1 rings (SSSR count). The number of nitrogens with one attached hydrogen (secondary N) is 1. The minimum Gasteiger partial charge on any atom is -0.504 e. The third kappa shape index (κ3) is 3.18. The van der Waals surface area contributed by atoms with Crippen LogP contribution in [0.15, 0.2) is 18.2 Å². The maximum absolute atomic E-state index is 9.83. The van der Waals surface area contributed by atoms with Crippen LogP contribution in [0.3, 0.4) is 0 Å². The number of benzene rings is 1. The van der Waals surface area contributed by atoms with Crippen LogP contribution in [0.1, 0.15) is 18.9 Å². The molecule has 0 aromatic heterocycles. The lowest BCUT2D eigenvalue weighted by atomic mass is 10.1. The Bertz CT molecular complexity index is 382. The van der Waals surface area contributed by atoms with Crippen molar-refractivity contribution in [3.63, 3.8) is 0 Å². The molecule has 1 aromatic carbocycles. The van der Waals surface area contributed by atoms with Gasteiger partial charge < -0.3 is 15.2 Å². The van der Waals surface area contributed by atoms with E-state index in [0.717, 1.165) is 5.56 Å². The second kappa shape index (κ2) is 6.04. The smallest absolute Gasteiger partial charge is 0.162 e. The lowest BCUT2D eigenvalue weighted by Gasteiger charge is -2.13. The Kier molecular flexibility index (Phi) is 4.68. The second-order valence-electron chi connectivity index (χ2n) is 3.66. The van der Waals surface area contributed by atoms with Crippen molar-refractivity contribution in [2.24, 2.45) is 0 Å². The average molecular weight is 219 g/mol. The summed E-state index contributed by atoms with van der Waals surface area (Å²) in [6.07, 6.45) is 5.89. The number of terminal acetylenes is 1. The van der Waals surface area contributed by atoms with Gasteiger partial charge in [0, 0.05) is 24.6 Å². The minimum absolute atomic E-state index is 0.186. The van der Waals surface area contributed by atoms with Gasteiger partial charge >= 0.3 is 0 Å². The van der Waals surface area contributed by atoms with Gasteiger partial charge in [-0.3, -0.25) is 0 Å². The predicted octanol–water partition coefficient (Wildman–Crippen LogP) is 1.90. The summed E-state index contributed by atoms with van der Waals surface area (Å²) in [6, 6.07) is 5.66. The van der Waals surface area contributed by atoms with Gasteiger partial charge in [0.05, 0.1) is 7.11 Å². The largest absolute Gasteiger partial charge is 0.504 e. The number of methoxy groups -OCH3 is 1. The molecule has 1 unspecified atom stereocenters. The van der Waals surface area contributed by atoms with Gasteiger partial charge in [0.15, 0.2) is 11.5 Å². The molecular formula is C13H17NO2. The molecule has 0 spiro atoms. The SMILES string of the molecule is C#CCC(C)NCc1cccc(OC)c1O. The summed E-state index contributed by atoms with van der Waals surface area (Å²) < 4.78 is 5.03. The zero-order chi connectivity index (χ0) is 12.0. The van der Waals surface area contributed by atoms with Gasteiger partial charge in [0.1, 0.15) is 0 Å². The highest BCUT2D eigenvalue weighted by Gasteiger charge is 2.07. The third-order valence-corrected chi connectivity index (χ3v) is 2.37. The molecule has 0 aliphatic rings. The van der Waals surface area contributed by atoms with Crippen LogP contribution in [0.25, 0.3) is 0 Å². The maximum atomic E-state index is 9.83. The number of phenolic OH excluding ortho intramolecular Hbond substituents is 1. The van der Waals surface area contributed by atoms with Gasteiger partial charge in [-0.2, -0.15) is 0 Å². The maximum Gasteiger partial charge on any atom is 0.162 e. The molecule has 0 radical (unpaired) electrons. The standard InChI is InChI=1S/C13H17NO2/c1-4-6-10(2)14-9-11-7-5-8-12(16-3)13(11)15/h1,5,7-8,10,14-15H,6,9H2,2-3H3. The monoisotopic (exact) mass is 219 g/mol. The average Bonchev–Trinajstić information content (AvgIpc) is 2.28. The molecule has 0 heterocycles. The molecule has 0 bridgehead atoms. The summed E-state index contributed by atoms with van der Waals surface area (Å²) in [6.45, 7) is 2.59. The van der Waals surface area contributed by atoms with E-state index in [0.29, 0.717) is 18.7 Å². The van der Waals surface area contributed by atoms with Crippen LogP contribution < -0.4 is 10.1 Å². The van der Waals surface area contributed by atoms with Crippen LogP contribution in [0.2, 0.25) is 0 Å². The third-order valence-electron chi connectivity index (χ3n) is 2.37. The molecule has 1 atom stereocenters. The molecule has 3 nitrogen and oxygen atoms in total. The molecule has 3 heteroatoms. The van der Waals surface area contributed by atoms with Crippen LogP contribution in [0, 0.1) is 12.3 Å². The van der Waals surface area contributed by atoms with Gasteiger partial charge in [-0.05, 0) is 13.0 Å². The van der Waals surface area contributed by atoms with E-state index in [1.165, 1.54) is 7.11 Å². The first kappa shape index (κ1) is 12.4. The highest BCUT2D eigenvalue weighted by atomic mass is 16.5. The second-order valence-corrected chi connectivity index (χ2v) is 3.66. The zero-order valence-electron chi connectivity index (χ0n) is 9.66. The highest BCUT2D eigenvalue weighted by molar-refractivity contribution is 5.45. The number of hydrogen-bond donors (Lipinski definition) is 2. The van der Waals surface area contributed by atoms with E-state index in [1.807, 2.05) is 19.1 Å². The summed E-state index contributed by atoms with van der Waals surface area (Å²) in [5, 5.41) is 13.1. The first-order chi connectivity index (χ1) is 7.69. The van der Waals surface area contributed by atoms with Crippen molar-refractivity contribution < 1.29 is 9.84 Å². The molecule has 2 N–H and O–H groups in total. The van der Waals surface area contributed by atoms with Crippen LogP contribution in [-0.2, 0) is 6.54 Å². The van der Waals surface area contributed by atoms with Crippen molar-refractivity contribution >= 4 is 0 Å². The number of aromatic hydroxyl groups is 1. The number of ether oxygens (including phenoxy) is 1. The van der Waals surface area contributed by atoms with E-state index in [2.05, 4.69) is 11.2 Å². The topological polar surface area (TPSA) is 41.5 Å². The van der Waals surface area contributed by atoms with E-state index in [1.54, 1.807) is 6.07 Å². The minimum atomic E-state index is 0.186. The molecule has 86 valence electrons. The van der Waals surface area contributed by atoms with Gasteiger partial charge in [-0.25, -0.2) is 0 Å². The normalized spacial score (nSPS) is 11.8. The van der Waals surface area contributed by atoms with E-state index >= 15 is 0 Å². The van der Waals surface area contributed by atoms with Crippen molar-refractivity contribution in [1.82, 2.24) is 5.32 Å². The van der Waals surface area contributed by atoms with Crippen LogP contribution in [0.4, 0.5) is 0 Å². The molecule has 0 aliphatic carbocycles. The van der Waals surface area contributed by atoms with Crippen molar-refractivity contribution in [3.05, 3.63) is 23.8 Å². The summed E-state index contributed by atoms with van der Waals surface area (Å²) in [4.78, 5) is 0. The molecule has 0 saturated carbocycles.